The van der Waals surface area contributed by atoms with Crippen LogP contribution in [0.25, 0.3) is 0 Å². The number of nitrogens with two attached hydrogens (primary N) is 1. The molecule has 0 spiro atoms. The van der Waals surface area contributed by atoms with E-state index in [1.807, 2.05) is 6.07 Å². The molecule has 0 fully saturated rings. The molecule has 158 valence electrons. The van der Waals surface area contributed by atoms with Crippen LogP contribution in [0.4, 0.5) is 0 Å². The molecule has 3 rings (SSSR count). The molecule has 0 bridgehead atoms. The van der Waals surface area contributed by atoms with Crippen LogP contribution in [0.1, 0.15) is 47.1 Å². The fraction of sp³-hybridized carbons (Fsp3) is 0.348. The standard InChI is InChI=1S/C23H26N2O5/c1-23(2,3)30-22(25-20(27)16-10-5-6-11-17(16)21(25)28)18(19(24)26)13-14-8-7-9-15(12-14)29-4/h5-12,18,22H,13H2,1-4H3,(H2,24,26). The molecule has 7 heteroatoms. The average molecular weight is 410 g/mol. The van der Waals surface area contributed by atoms with Crippen LogP contribution in [0.5, 0.6) is 5.75 Å². The number of ether oxygens (including phenoxy) is 2. The van der Waals surface area contributed by atoms with E-state index >= 15 is 0 Å². The summed E-state index contributed by atoms with van der Waals surface area (Å²) in [5.74, 6) is -1.98. The fourth-order valence-electron chi connectivity index (χ4n) is 3.51. The first-order chi connectivity index (χ1) is 14.1. The van der Waals surface area contributed by atoms with Gasteiger partial charge in [0.2, 0.25) is 5.91 Å². The van der Waals surface area contributed by atoms with Crippen LogP contribution in [0, 0.1) is 5.92 Å². The first-order valence-corrected chi connectivity index (χ1v) is 9.69. The molecular weight excluding hydrogens is 384 g/mol. The highest BCUT2D eigenvalue weighted by Crippen LogP contribution is 2.31. The summed E-state index contributed by atoms with van der Waals surface area (Å²) in [5, 5.41) is 0. The van der Waals surface area contributed by atoms with E-state index in [0.29, 0.717) is 5.75 Å². The molecule has 1 aliphatic rings. The zero-order chi connectivity index (χ0) is 22.1. The van der Waals surface area contributed by atoms with Gasteiger partial charge >= 0.3 is 0 Å². The van der Waals surface area contributed by atoms with Crippen molar-refractivity contribution in [2.24, 2.45) is 11.7 Å². The molecule has 7 nitrogen and oxygen atoms in total. The van der Waals surface area contributed by atoms with Crippen LogP contribution >= 0.6 is 0 Å². The third kappa shape index (κ3) is 4.36. The number of hydrogen-bond donors (Lipinski definition) is 1. The van der Waals surface area contributed by atoms with Crippen LogP contribution in [0.15, 0.2) is 48.5 Å². The molecule has 1 aliphatic heterocycles. The van der Waals surface area contributed by atoms with Gasteiger partial charge in [-0.05, 0) is 57.0 Å². The van der Waals surface area contributed by atoms with Crippen LogP contribution in [0.2, 0.25) is 0 Å². The van der Waals surface area contributed by atoms with E-state index in [-0.39, 0.29) is 17.5 Å². The minimum Gasteiger partial charge on any atom is -0.497 e. The number of hydrogen-bond acceptors (Lipinski definition) is 5. The van der Waals surface area contributed by atoms with Gasteiger partial charge in [0.1, 0.15) is 5.75 Å². The first kappa shape index (κ1) is 21.5. The van der Waals surface area contributed by atoms with Gasteiger partial charge in [-0.2, -0.15) is 0 Å². The Balaban J connectivity index is 2.02. The Kier molecular flexibility index (Phi) is 5.94. The molecule has 2 unspecified atom stereocenters. The molecule has 0 aliphatic carbocycles. The Morgan fingerprint density at radius 1 is 1.03 bits per heavy atom. The van der Waals surface area contributed by atoms with Gasteiger partial charge in [0.25, 0.3) is 11.8 Å². The summed E-state index contributed by atoms with van der Waals surface area (Å²) in [4.78, 5) is 39.6. The van der Waals surface area contributed by atoms with E-state index in [9.17, 15) is 14.4 Å². The highest BCUT2D eigenvalue weighted by molar-refractivity contribution is 6.21. The van der Waals surface area contributed by atoms with Crippen molar-refractivity contribution in [1.82, 2.24) is 4.90 Å². The summed E-state index contributed by atoms with van der Waals surface area (Å²) >= 11 is 0. The number of imide groups is 1. The summed E-state index contributed by atoms with van der Waals surface area (Å²) in [6, 6.07) is 13.8. The molecule has 1 heterocycles. The predicted molar refractivity (Wildman–Crippen MR) is 111 cm³/mol. The number of carbonyl (C=O) groups excluding carboxylic acids is 3. The van der Waals surface area contributed by atoms with Crippen molar-refractivity contribution in [3.05, 3.63) is 65.2 Å². The zero-order valence-electron chi connectivity index (χ0n) is 17.5. The van der Waals surface area contributed by atoms with Crippen molar-refractivity contribution in [2.45, 2.75) is 39.0 Å². The average Bonchev–Trinajstić information content (AvgIpc) is 2.94. The van der Waals surface area contributed by atoms with Crippen molar-refractivity contribution in [2.75, 3.05) is 7.11 Å². The van der Waals surface area contributed by atoms with Crippen LogP contribution in [-0.4, -0.2) is 41.6 Å². The van der Waals surface area contributed by atoms with E-state index in [4.69, 9.17) is 15.2 Å². The first-order valence-electron chi connectivity index (χ1n) is 9.69. The third-order valence-corrected chi connectivity index (χ3v) is 4.85. The fourth-order valence-corrected chi connectivity index (χ4v) is 3.51. The Morgan fingerprint density at radius 3 is 2.13 bits per heavy atom. The lowest BCUT2D eigenvalue weighted by molar-refractivity contribution is -0.150. The lowest BCUT2D eigenvalue weighted by atomic mass is 9.95. The quantitative estimate of drug-likeness (QED) is 0.708. The number of rotatable bonds is 7. The third-order valence-electron chi connectivity index (χ3n) is 4.85. The Morgan fingerprint density at radius 2 is 1.63 bits per heavy atom. The van der Waals surface area contributed by atoms with Gasteiger partial charge in [0.15, 0.2) is 6.23 Å². The Bertz CT molecular complexity index is 945. The van der Waals surface area contributed by atoms with Gasteiger partial charge in [-0.3, -0.25) is 14.4 Å². The summed E-state index contributed by atoms with van der Waals surface area (Å²) in [5.41, 5.74) is 6.35. The Labute approximate surface area is 175 Å². The molecule has 30 heavy (non-hydrogen) atoms. The Hall–Kier alpha value is -3.19. The maximum absolute atomic E-state index is 13.1. The second kappa shape index (κ2) is 8.28. The highest BCUT2D eigenvalue weighted by Gasteiger charge is 2.46. The van der Waals surface area contributed by atoms with Gasteiger partial charge in [0, 0.05) is 0 Å². The van der Waals surface area contributed by atoms with Gasteiger partial charge in [0.05, 0.1) is 29.8 Å². The molecule has 3 amide bonds. The van der Waals surface area contributed by atoms with Gasteiger partial charge < -0.3 is 15.2 Å². The van der Waals surface area contributed by atoms with Crippen molar-refractivity contribution < 1.29 is 23.9 Å². The number of benzene rings is 2. The van der Waals surface area contributed by atoms with Crippen LogP contribution < -0.4 is 10.5 Å². The SMILES string of the molecule is COc1cccc(CC(C(N)=O)C(OC(C)(C)C)N2C(=O)c3ccccc3C2=O)c1. The molecule has 0 radical (unpaired) electrons. The molecular formula is C23H26N2O5. The summed E-state index contributed by atoms with van der Waals surface area (Å²) < 4.78 is 11.3. The predicted octanol–water partition coefficient (Wildman–Crippen LogP) is 2.78. The minimum absolute atomic E-state index is 0.181. The number of nitrogens with zero attached hydrogens (tertiary/aromatic N) is 1. The molecule has 2 atom stereocenters. The van der Waals surface area contributed by atoms with Crippen molar-refractivity contribution >= 4 is 17.7 Å². The van der Waals surface area contributed by atoms with Crippen molar-refractivity contribution in [3.8, 4) is 5.75 Å². The number of methoxy groups -OCH3 is 1. The number of primary amides is 1. The van der Waals surface area contributed by atoms with Crippen LogP contribution in [0.3, 0.4) is 0 Å². The monoisotopic (exact) mass is 410 g/mol. The highest BCUT2D eigenvalue weighted by atomic mass is 16.5. The molecule has 2 N–H and O–H groups in total. The molecule has 0 saturated heterocycles. The van der Waals surface area contributed by atoms with E-state index in [1.165, 1.54) is 0 Å². The second-order valence-corrected chi connectivity index (χ2v) is 8.21. The molecule has 0 aromatic heterocycles. The summed E-state index contributed by atoms with van der Waals surface area (Å²) in [6.45, 7) is 5.38. The van der Waals surface area contributed by atoms with Crippen molar-refractivity contribution in [3.63, 3.8) is 0 Å². The van der Waals surface area contributed by atoms with Crippen molar-refractivity contribution in [1.29, 1.82) is 0 Å². The van der Waals surface area contributed by atoms with Gasteiger partial charge in [-0.1, -0.05) is 24.3 Å². The zero-order valence-corrected chi connectivity index (χ0v) is 17.5. The lowest BCUT2D eigenvalue weighted by Gasteiger charge is -2.36. The number of amides is 3. The summed E-state index contributed by atoms with van der Waals surface area (Å²) in [7, 11) is 1.55. The second-order valence-electron chi connectivity index (χ2n) is 8.21. The van der Waals surface area contributed by atoms with E-state index in [0.717, 1.165) is 10.5 Å². The maximum atomic E-state index is 13.1. The largest absolute Gasteiger partial charge is 0.497 e. The van der Waals surface area contributed by atoms with Crippen LogP contribution in [-0.2, 0) is 16.0 Å². The molecule has 2 aromatic carbocycles. The normalized spacial score (nSPS) is 15.7. The number of fused-ring (bicyclic) bond motifs is 1. The van der Waals surface area contributed by atoms with Gasteiger partial charge in [-0.15, -0.1) is 0 Å². The topological polar surface area (TPSA) is 98.9 Å². The van der Waals surface area contributed by atoms with E-state index in [1.54, 1.807) is 70.3 Å². The smallest absolute Gasteiger partial charge is 0.263 e. The van der Waals surface area contributed by atoms with E-state index in [2.05, 4.69) is 0 Å². The van der Waals surface area contributed by atoms with Gasteiger partial charge in [-0.25, -0.2) is 4.90 Å². The molecule has 0 saturated carbocycles. The molecule has 2 aromatic rings. The number of carbonyl (C=O) groups is 3. The lowest BCUT2D eigenvalue weighted by Crippen LogP contribution is -2.53. The maximum Gasteiger partial charge on any atom is 0.263 e. The minimum atomic E-state index is -1.15. The van der Waals surface area contributed by atoms with E-state index < -0.39 is 35.5 Å². The summed E-state index contributed by atoms with van der Waals surface area (Å²) in [6.07, 6.45) is -0.971.